The smallest absolute Gasteiger partial charge is 0.259 e. The second-order valence-electron chi connectivity index (χ2n) is 2.74. The summed E-state index contributed by atoms with van der Waals surface area (Å²) in [5, 5.41) is 0.357. The predicted molar refractivity (Wildman–Crippen MR) is 52.4 cm³/mol. The lowest BCUT2D eigenvalue weighted by Gasteiger charge is -2.00. The van der Waals surface area contributed by atoms with Gasteiger partial charge in [-0.3, -0.25) is 4.40 Å². The lowest BCUT2D eigenvalue weighted by Crippen LogP contribution is -1.95. The van der Waals surface area contributed by atoms with Gasteiger partial charge in [-0.05, 0) is 0 Å². The number of imidazole rings is 1. The number of methoxy groups -OCH3 is 1. The molecule has 2 aromatic rings. The molecule has 0 spiro atoms. The van der Waals surface area contributed by atoms with Crippen LogP contribution >= 0.6 is 11.6 Å². The molecule has 0 saturated heterocycles. The fourth-order valence-electron chi connectivity index (χ4n) is 1.23. The van der Waals surface area contributed by atoms with Gasteiger partial charge >= 0.3 is 0 Å². The van der Waals surface area contributed by atoms with Gasteiger partial charge < -0.3 is 10.5 Å². The highest BCUT2D eigenvalue weighted by Gasteiger charge is 2.08. The van der Waals surface area contributed by atoms with E-state index in [1.165, 1.54) is 7.11 Å². The Kier molecular flexibility index (Phi) is 2.26. The number of nitrogens with zero attached hydrogens (tertiary/aromatic N) is 3. The van der Waals surface area contributed by atoms with Gasteiger partial charge in [-0.25, -0.2) is 4.98 Å². The number of ether oxygens (including phenoxy) is 1. The highest BCUT2D eigenvalue weighted by atomic mass is 35.5. The predicted octanol–water partition coefficient (Wildman–Crippen LogP) is 0.850. The van der Waals surface area contributed by atoms with Gasteiger partial charge in [0.2, 0.25) is 5.65 Å². The van der Waals surface area contributed by atoms with Crippen molar-refractivity contribution in [2.24, 2.45) is 5.73 Å². The van der Waals surface area contributed by atoms with Crippen molar-refractivity contribution in [3.05, 3.63) is 23.2 Å². The van der Waals surface area contributed by atoms with E-state index in [1.807, 2.05) is 0 Å². The van der Waals surface area contributed by atoms with Gasteiger partial charge in [0, 0.05) is 18.9 Å². The van der Waals surface area contributed by atoms with Crippen LogP contribution in [0.1, 0.15) is 5.69 Å². The fraction of sp³-hybridized carbons (Fsp3) is 0.250. The molecule has 0 aliphatic carbocycles. The first-order chi connectivity index (χ1) is 6.74. The van der Waals surface area contributed by atoms with E-state index in [-0.39, 0.29) is 0 Å². The van der Waals surface area contributed by atoms with Crippen LogP contribution in [0.25, 0.3) is 5.65 Å². The Labute approximate surface area is 85.5 Å². The maximum Gasteiger partial charge on any atom is 0.259 e. The summed E-state index contributed by atoms with van der Waals surface area (Å²) >= 11 is 5.78. The average molecular weight is 213 g/mol. The van der Waals surface area contributed by atoms with Crippen molar-refractivity contribution in [2.75, 3.05) is 7.11 Å². The Morgan fingerprint density at radius 3 is 2.93 bits per heavy atom. The fourth-order valence-corrected chi connectivity index (χ4v) is 1.41. The zero-order chi connectivity index (χ0) is 10.1. The van der Waals surface area contributed by atoms with Crippen molar-refractivity contribution in [3.63, 3.8) is 0 Å². The van der Waals surface area contributed by atoms with E-state index in [0.29, 0.717) is 23.2 Å². The molecule has 0 radical (unpaired) electrons. The van der Waals surface area contributed by atoms with E-state index in [2.05, 4.69) is 9.97 Å². The van der Waals surface area contributed by atoms with Gasteiger partial charge in [0.1, 0.15) is 5.15 Å². The maximum absolute atomic E-state index is 5.78. The Morgan fingerprint density at radius 1 is 1.50 bits per heavy atom. The Bertz CT molecular complexity index is 468. The first-order valence-electron chi connectivity index (χ1n) is 4.02. The molecule has 2 N–H and O–H groups in total. The van der Waals surface area contributed by atoms with Crippen LogP contribution in [-0.2, 0) is 6.54 Å². The molecule has 0 aromatic carbocycles. The van der Waals surface area contributed by atoms with Crippen LogP contribution in [0.5, 0.6) is 5.88 Å². The first-order valence-corrected chi connectivity index (χ1v) is 4.40. The summed E-state index contributed by atoms with van der Waals surface area (Å²) in [5.74, 6) is 0.400. The van der Waals surface area contributed by atoms with Gasteiger partial charge in [0.05, 0.1) is 12.8 Å². The zero-order valence-corrected chi connectivity index (χ0v) is 8.32. The number of nitrogens with two attached hydrogens (primary N) is 1. The number of hydrogen-bond acceptors (Lipinski definition) is 4. The normalized spacial score (nSPS) is 10.8. The third-order valence-electron chi connectivity index (χ3n) is 1.83. The third kappa shape index (κ3) is 1.40. The van der Waals surface area contributed by atoms with Crippen molar-refractivity contribution in [1.82, 2.24) is 14.4 Å². The molecule has 5 nitrogen and oxygen atoms in total. The van der Waals surface area contributed by atoms with Crippen LogP contribution < -0.4 is 10.5 Å². The Balaban J connectivity index is 2.71. The molecule has 0 atom stereocenters. The molecule has 0 saturated carbocycles. The minimum Gasteiger partial charge on any atom is -0.478 e. The summed E-state index contributed by atoms with van der Waals surface area (Å²) in [6.45, 7) is 0.377. The van der Waals surface area contributed by atoms with Crippen LogP contribution in [0.2, 0.25) is 5.15 Å². The maximum atomic E-state index is 5.78. The molecule has 0 amide bonds. The van der Waals surface area contributed by atoms with Crippen LogP contribution in [0, 0.1) is 0 Å². The zero-order valence-electron chi connectivity index (χ0n) is 7.57. The van der Waals surface area contributed by atoms with Crippen LogP contribution in [-0.4, -0.2) is 21.5 Å². The molecule has 6 heteroatoms. The molecule has 2 aromatic heterocycles. The van der Waals surface area contributed by atoms with Crippen molar-refractivity contribution in [2.45, 2.75) is 6.54 Å². The van der Waals surface area contributed by atoms with E-state index < -0.39 is 0 Å². The summed E-state index contributed by atoms with van der Waals surface area (Å²) in [5.41, 5.74) is 6.87. The molecule has 2 heterocycles. The topological polar surface area (TPSA) is 65.4 Å². The van der Waals surface area contributed by atoms with E-state index in [4.69, 9.17) is 22.1 Å². The highest BCUT2D eigenvalue weighted by Crippen LogP contribution is 2.19. The quantitative estimate of drug-likeness (QED) is 0.802. The standard InChI is InChI=1S/C8H9ClN4O/c1-14-8-7-11-5(2-10)3-13(7)4-6(9)12-8/h3-4H,2,10H2,1H3. The SMILES string of the molecule is COc1nc(Cl)cn2cc(CN)nc12. The number of rotatable bonds is 2. The van der Waals surface area contributed by atoms with E-state index in [0.717, 1.165) is 5.69 Å². The molecule has 0 aliphatic heterocycles. The average Bonchev–Trinajstić information content (AvgIpc) is 2.59. The van der Waals surface area contributed by atoms with Crippen LogP contribution in [0.3, 0.4) is 0 Å². The molecular weight excluding hydrogens is 204 g/mol. The van der Waals surface area contributed by atoms with Crippen molar-refractivity contribution >= 4 is 17.2 Å². The second-order valence-corrected chi connectivity index (χ2v) is 3.13. The van der Waals surface area contributed by atoms with Gasteiger partial charge in [-0.1, -0.05) is 11.6 Å². The Hall–Kier alpha value is -1.33. The molecule has 0 aliphatic rings. The molecule has 74 valence electrons. The van der Waals surface area contributed by atoms with E-state index in [9.17, 15) is 0 Å². The summed E-state index contributed by atoms with van der Waals surface area (Å²) in [7, 11) is 1.52. The second kappa shape index (κ2) is 3.43. The van der Waals surface area contributed by atoms with E-state index >= 15 is 0 Å². The highest BCUT2D eigenvalue weighted by molar-refractivity contribution is 6.29. The number of halogens is 1. The van der Waals surface area contributed by atoms with Gasteiger partial charge in [0.25, 0.3) is 5.88 Å². The summed E-state index contributed by atoms with van der Waals surface area (Å²) in [6.07, 6.45) is 3.46. The molecule has 0 bridgehead atoms. The minimum absolute atomic E-state index is 0.357. The van der Waals surface area contributed by atoms with Crippen LogP contribution in [0.15, 0.2) is 12.4 Å². The molecule has 0 unspecified atom stereocenters. The monoisotopic (exact) mass is 212 g/mol. The van der Waals surface area contributed by atoms with Gasteiger partial charge in [-0.2, -0.15) is 4.98 Å². The van der Waals surface area contributed by atoms with Crippen molar-refractivity contribution < 1.29 is 4.74 Å². The summed E-state index contributed by atoms with van der Waals surface area (Å²) in [4.78, 5) is 8.22. The lowest BCUT2D eigenvalue weighted by atomic mass is 10.5. The summed E-state index contributed by atoms with van der Waals surface area (Å²) < 4.78 is 6.79. The summed E-state index contributed by atoms with van der Waals surface area (Å²) in [6, 6.07) is 0. The Morgan fingerprint density at radius 2 is 2.29 bits per heavy atom. The first kappa shape index (κ1) is 9.23. The van der Waals surface area contributed by atoms with Gasteiger partial charge in [0.15, 0.2) is 0 Å². The van der Waals surface area contributed by atoms with Crippen LogP contribution in [0.4, 0.5) is 0 Å². The number of aromatic nitrogens is 3. The molecule has 2 rings (SSSR count). The molecular formula is C8H9ClN4O. The molecule has 14 heavy (non-hydrogen) atoms. The van der Waals surface area contributed by atoms with Crippen molar-refractivity contribution in [1.29, 1.82) is 0 Å². The number of fused-ring (bicyclic) bond motifs is 1. The minimum atomic E-state index is 0.357. The lowest BCUT2D eigenvalue weighted by molar-refractivity contribution is 0.400. The van der Waals surface area contributed by atoms with Crippen molar-refractivity contribution in [3.8, 4) is 5.88 Å². The third-order valence-corrected chi connectivity index (χ3v) is 2.01. The largest absolute Gasteiger partial charge is 0.478 e. The molecule has 0 fully saturated rings. The number of hydrogen-bond donors (Lipinski definition) is 1. The van der Waals surface area contributed by atoms with E-state index in [1.54, 1.807) is 16.8 Å². The van der Waals surface area contributed by atoms with Gasteiger partial charge in [-0.15, -0.1) is 0 Å².